The second kappa shape index (κ2) is 8.37. The lowest BCUT2D eigenvalue weighted by Gasteiger charge is -2.39. The van der Waals surface area contributed by atoms with Gasteiger partial charge in [0, 0.05) is 19.6 Å². The Morgan fingerprint density at radius 1 is 1.13 bits per heavy atom. The van der Waals surface area contributed by atoms with Gasteiger partial charge in [-0.05, 0) is 43.9 Å². The molecular formula is C22H23F3N2O4. The van der Waals surface area contributed by atoms with E-state index in [1.807, 2.05) is 0 Å². The zero-order valence-corrected chi connectivity index (χ0v) is 16.8. The van der Waals surface area contributed by atoms with Gasteiger partial charge in [-0.2, -0.15) is 13.2 Å². The zero-order valence-electron chi connectivity index (χ0n) is 16.8. The number of nitrogens with one attached hydrogen (secondary N) is 1. The molecule has 0 aliphatic carbocycles. The summed E-state index contributed by atoms with van der Waals surface area (Å²) >= 11 is 0. The predicted molar refractivity (Wildman–Crippen MR) is 104 cm³/mol. The second-order valence-electron chi connectivity index (χ2n) is 8.02. The quantitative estimate of drug-likeness (QED) is 0.790. The van der Waals surface area contributed by atoms with Crippen molar-refractivity contribution < 1.29 is 31.9 Å². The van der Waals surface area contributed by atoms with Gasteiger partial charge in [0.2, 0.25) is 0 Å². The topological polar surface area (TPSA) is 71.8 Å². The average Bonchev–Trinajstić information content (AvgIpc) is 3.42. The first-order valence-electron chi connectivity index (χ1n) is 10.2. The Kier molecular flexibility index (Phi) is 5.79. The van der Waals surface area contributed by atoms with Crippen molar-refractivity contribution in [1.82, 2.24) is 10.2 Å². The standard InChI is InChI=1S/C22H23F3N2O4/c23-22(24,25)18-4-2-1-3-17(18)19(28)26-13-16-5-7-21(31-16)8-10-27(11-9-21)20(29)15-6-12-30-14-15/h1-4,6,12,14,16H,5,7-11,13H2,(H,26,28). The van der Waals surface area contributed by atoms with Gasteiger partial charge in [-0.15, -0.1) is 0 Å². The maximum atomic E-state index is 13.1. The smallest absolute Gasteiger partial charge is 0.417 e. The number of ether oxygens (including phenoxy) is 1. The third-order valence-corrected chi connectivity index (χ3v) is 6.04. The van der Waals surface area contributed by atoms with Crippen molar-refractivity contribution in [2.45, 2.75) is 43.6 Å². The number of hydrogen-bond donors (Lipinski definition) is 1. The van der Waals surface area contributed by atoms with Crippen LogP contribution < -0.4 is 5.32 Å². The first kappa shape index (κ1) is 21.4. The number of rotatable bonds is 4. The Balaban J connectivity index is 1.30. The lowest BCUT2D eigenvalue weighted by atomic mass is 9.88. The number of benzene rings is 1. The summed E-state index contributed by atoms with van der Waals surface area (Å²) in [6.45, 7) is 1.26. The van der Waals surface area contributed by atoms with E-state index >= 15 is 0 Å². The number of amides is 2. The number of alkyl halides is 3. The molecule has 3 heterocycles. The van der Waals surface area contributed by atoms with Crippen LogP contribution in [-0.2, 0) is 10.9 Å². The summed E-state index contributed by atoms with van der Waals surface area (Å²) in [7, 11) is 0. The minimum atomic E-state index is -4.59. The van der Waals surface area contributed by atoms with Crippen molar-refractivity contribution in [1.29, 1.82) is 0 Å². The molecule has 0 radical (unpaired) electrons. The zero-order chi connectivity index (χ0) is 22.1. The summed E-state index contributed by atoms with van der Waals surface area (Å²) in [6, 6.07) is 6.36. The summed E-state index contributed by atoms with van der Waals surface area (Å²) in [6.07, 6.45) is 0.883. The molecule has 6 nitrogen and oxygen atoms in total. The van der Waals surface area contributed by atoms with Crippen molar-refractivity contribution in [2.75, 3.05) is 19.6 Å². The van der Waals surface area contributed by atoms with Gasteiger partial charge in [0.1, 0.15) is 6.26 Å². The molecule has 1 N–H and O–H groups in total. The van der Waals surface area contributed by atoms with Crippen molar-refractivity contribution in [3.8, 4) is 0 Å². The normalized spacial score (nSPS) is 20.7. The molecule has 2 amide bonds. The Morgan fingerprint density at radius 3 is 2.55 bits per heavy atom. The highest BCUT2D eigenvalue weighted by Gasteiger charge is 2.43. The maximum absolute atomic E-state index is 13.1. The molecule has 2 aromatic rings. The Hall–Kier alpha value is -2.81. The maximum Gasteiger partial charge on any atom is 0.417 e. The highest BCUT2D eigenvalue weighted by molar-refractivity contribution is 5.96. The molecule has 31 heavy (non-hydrogen) atoms. The highest BCUT2D eigenvalue weighted by atomic mass is 19.4. The molecule has 1 aromatic carbocycles. The van der Waals surface area contributed by atoms with E-state index in [0.717, 1.165) is 12.5 Å². The van der Waals surface area contributed by atoms with Crippen LogP contribution in [0.1, 0.15) is 52.0 Å². The van der Waals surface area contributed by atoms with E-state index in [4.69, 9.17) is 9.15 Å². The molecular weight excluding hydrogens is 413 g/mol. The van der Waals surface area contributed by atoms with Crippen molar-refractivity contribution in [2.24, 2.45) is 0 Å². The molecule has 0 saturated carbocycles. The van der Waals surface area contributed by atoms with Gasteiger partial charge in [0.05, 0.1) is 34.7 Å². The fraction of sp³-hybridized carbons (Fsp3) is 0.455. The van der Waals surface area contributed by atoms with E-state index < -0.39 is 23.2 Å². The number of carbonyl (C=O) groups is 2. The monoisotopic (exact) mass is 436 g/mol. The Bertz CT molecular complexity index is 934. The van der Waals surface area contributed by atoms with Crippen molar-refractivity contribution in [3.05, 3.63) is 59.5 Å². The average molecular weight is 436 g/mol. The van der Waals surface area contributed by atoms with Crippen LogP contribution in [0.25, 0.3) is 0 Å². The number of furan rings is 1. The largest absolute Gasteiger partial charge is 0.472 e. The Morgan fingerprint density at radius 2 is 1.87 bits per heavy atom. The molecule has 9 heteroatoms. The number of carbonyl (C=O) groups excluding carboxylic acids is 2. The van der Waals surface area contributed by atoms with E-state index in [9.17, 15) is 22.8 Å². The fourth-order valence-corrected chi connectivity index (χ4v) is 4.32. The van der Waals surface area contributed by atoms with Crippen LogP contribution in [0, 0.1) is 0 Å². The molecule has 2 saturated heterocycles. The van der Waals surface area contributed by atoms with Crippen LogP contribution in [0.4, 0.5) is 13.2 Å². The van der Waals surface area contributed by atoms with E-state index in [0.29, 0.717) is 37.9 Å². The summed E-state index contributed by atoms with van der Waals surface area (Å²) in [5.74, 6) is -0.841. The minimum absolute atomic E-state index is 0.0752. The molecule has 2 aliphatic rings. The molecule has 0 bridgehead atoms. The van der Waals surface area contributed by atoms with Crippen LogP contribution in [-0.4, -0.2) is 48.1 Å². The summed E-state index contributed by atoms with van der Waals surface area (Å²) in [5.41, 5.74) is -1.19. The summed E-state index contributed by atoms with van der Waals surface area (Å²) < 4.78 is 50.6. The number of likely N-dealkylation sites (tertiary alicyclic amines) is 1. The minimum Gasteiger partial charge on any atom is -0.472 e. The van der Waals surface area contributed by atoms with Gasteiger partial charge in [0.15, 0.2) is 0 Å². The molecule has 2 aliphatic heterocycles. The number of nitrogens with zero attached hydrogens (tertiary/aromatic N) is 1. The molecule has 1 atom stereocenters. The molecule has 1 spiro atoms. The van der Waals surface area contributed by atoms with Crippen molar-refractivity contribution >= 4 is 11.8 Å². The van der Waals surface area contributed by atoms with Gasteiger partial charge in [0.25, 0.3) is 11.8 Å². The van der Waals surface area contributed by atoms with Gasteiger partial charge >= 0.3 is 6.18 Å². The highest BCUT2D eigenvalue weighted by Crippen LogP contribution is 2.39. The molecule has 1 aromatic heterocycles. The van der Waals surface area contributed by atoms with Crippen LogP contribution in [0.5, 0.6) is 0 Å². The molecule has 4 rings (SSSR count). The van der Waals surface area contributed by atoms with Crippen LogP contribution in [0.3, 0.4) is 0 Å². The number of piperidine rings is 1. The lowest BCUT2D eigenvalue weighted by Crippen LogP contribution is -2.47. The number of hydrogen-bond acceptors (Lipinski definition) is 4. The molecule has 1 unspecified atom stereocenters. The van der Waals surface area contributed by atoms with E-state index in [2.05, 4.69) is 5.32 Å². The first-order valence-corrected chi connectivity index (χ1v) is 10.2. The van der Waals surface area contributed by atoms with Crippen LogP contribution >= 0.6 is 0 Å². The fourth-order valence-electron chi connectivity index (χ4n) is 4.32. The predicted octanol–water partition coefficient (Wildman–Crippen LogP) is 3.88. The van der Waals surface area contributed by atoms with Gasteiger partial charge in [-0.1, -0.05) is 12.1 Å². The summed E-state index contributed by atoms with van der Waals surface area (Å²) in [4.78, 5) is 26.6. The van der Waals surface area contributed by atoms with E-state index in [1.165, 1.54) is 30.7 Å². The van der Waals surface area contributed by atoms with Crippen LogP contribution in [0.15, 0.2) is 47.3 Å². The van der Waals surface area contributed by atoms with Gasteiger partial charge in [-0.25, -0.2) is 0 Å². The Labute approximate surface area is 177 Å². The van der Waals surface area contributed by atoms with Crippen LogP contribution in [0.2, 0.25) is 0 Å². The van der Waals surface area contributed by atoms with E-state index in [-0.39, 0.29) is 24.2 Å². The van der Waals surface area contributed by atoms with Gasteiger partial charge in [-0.3, -0.25) is 9.59 Å². The van der Waals surface area contributed by atoms with Crippen molar-refractivity contribution in [3.63, 3.8) is 0 Å². The molecule has 2 fully saturated rings. The second-order valence-corrected chi connectivity index (χ2v) is 8.02. The lowest BCUT2D eigenvalue weighted by molar-refractivity contribution is -0.137. The SMILES string of the molecule is O=C(NCC1CCC2(CCN(C(=O)c3ccoc3)CC2)O1)c1ccccc1C(F)(F)F. The van der Waals surface area contributed by atoms with E-state index in [1.54, 1.807) is 11.0 Å². The van der Waals surface area contributed by atoms with Gasteiger partial charge < -0.3 is 19.4 Å². The number of halogens is 3. The third kappa shape index (κ3) is 4.61. The summed E-state index contributed by atoms with van der Waals surface area (Å²) in [5, 5.41) is 2.58. The first-order chi connectivity index (χ1) is 14.8. The molecule has 166 valence electrons. The third-order valence-electron chi connectivity index (χ3n) is 6.04.